The number of ether oxygens (including phenoxy) is 2. The van der Waals surface area contributed by atoms with Crippen molar-refractivity contribution in [2.45, 2.75) is 6.10 Å². The summed E-state index contributed by atoms with van der Waals surface area (Å²) >= 11 is 0. The fourth-order valence-corrected chi connectivity index (χ4v) is 2.19. The molecule has 9 heteroatoms. The number of hydrogen-bond acceptors (Lipinski definition) is 7. The highest BCUT2D eigenvalue weighted by Crippen LogP contribution is 2.30. The summed E-state index contributed by atoms with van der Waals surface area (Å²) in [7, 11) is 0. The monoisotopic (exact) mass is 342 g/mol. The number of hydrazone groups is 1. The lowest BCUT2D eigenvalue weighted by Gasteiger charge is -2.24. The molecule has 0 radical (unpaired) electrons. The lowest BCUT2D eigenvalue weighted by molar-refractivity contribution is -0.385. The van der Waals surface area contributed by atoms with Gasteiger partial charge in [-0.25, -0.2) is 5.43 Å². The number of nitrogens with one attached hydrogen (secondary N) is 1. The van der Waals surface area contributed by atoms with Crippen molar-refractivity contribution in [2.75, 3.05) is 6.61 Å². The van der Waals surface area contributed by atoms with Crippen LogP contribution < -0.4 is 20.0 Å². The maximum absolute atomic E-state index is 12.1. The number of para-hydroxylation sites is 2. The highest BCUT2D eigenvalue weighted by atomic mass is 16.6. The lowest BCUT2D eigenvalue weighted by Crippen LogP contribution is -2.42. The van der Waals surface area contributed by atoms with Crippen molar-refractivity contribution in [3.05, 3.63) is 58.1 Å². The van der Waals surface area contributed by atoms with E-state index in [1.165, 1.54) is 0 Å². The fourth-order valence-electron chi connectivity index (χ4n) is 2.19. The van der Waals surface area contributed by atoms with Crippen molar-refractivity contribution in [1.29, 1.82) is 0 Å². The molecule has 0 spiro atoms. The van der Waals surface area contributed by atoms with E-state index in [9.17, 15) is 20.0 Å². The maximum Gasteiger partial charge on any atom is 0.284 e. The molecule has 0 bridgehead atoms. The van der Waals surface area contributed by atoms with Crippen LogP contribution in [-0.2, 0) is 4.79 Å². The Bertz CT molecular complexity index is 852. The molecule has 1 amide bonds. The van der Waals surface area contributed by atoms with Crippen LogP contribution in [0.5, 0.6) is 17.2 Å². The van der Waals surface area contributed by atoms with Gasteiger partial charge in [0, 0.05) is 6.07 Å². The number of hydrogen-bond donors (Lipinski definition) is 1. The van der Waals surface area contributed by atoms with Crippen molar-refractivity contribution < 1.29 is 24.3 Å². The number of nitrogens with zero attached hydrogens (tertiary/aromatic N) is 2. The van der Waals surface area contributed by atoms with E-state index < -0.39 is 22.7 Å². The van der Waals surface area contributed by atoms with Crippen LogP contribution in [0.3, 0.4) is 0 Å². The molecule has 25 heavy (non-hydrogen) atoms. The lowest BCUT2D eigenvalue weighted by atomic mass is 10.2. The standard InChI is InChI=1S/C16H13N3O6/c20-11-5-6-12(19(22)23)10(7-11)8-17-18-16(21)15-9-24-13-3-1-2-4-14(13)25-15/h1-8,15,20H,9H2,(H,18,21)/p-1/b17-8-/t15-/m0/s1. The Morgan fingerprint density at radius 2 is 2.04 bits per heavy atom. The Morgan fingerprint density at radius 3 is 2.80 bits per heavy atom. The summed E-state index contributed by atoms with van der Waals surface area (Å²) in [6, 6.07) is 10.1. The number of nitro groups is 1. The van der Waals surface area contributed by atoms with Crippen molar-refractivity contribution in [2.24, 2.45) is 5.10 Å². The van der Waals surface area contributed by atoms with Crippen molar-refractivity contribution in [1.82, 2.24) is 5.43 Å². The minimum Gasteiger partial charge on any atom is -0.872 e. The molecule has 0 aromatic heterocycles. The first kappa shape index (κ1) is 16.2. The van der Waals surface area contributed by atoms with E-state index in [1.807, 2.05) is 0 Å². The van der Waals surface area contributed by atoms with Gasteiger partial charge >= 0.3 is 0 Å². The van der Waals surface area contributed by atoms with Crippen LogP contribution in [0.25, 0.3) is 0 Å². The van der Waals surface area contributed by atoms with Gasteiger partial charge in [-0.1, -0.05) is 24.3 Å². The van der Waals surface area contributed by atoms with Crippen LogP contribution in [0.4, 0.5) is 5.69 Å². The summed E-state index contributed by atoms with van der Waals surface area (Å²) in [5.41, 5.74) is 1.92. The second-order valence-corrected chi connectivity index (χ2v) is 5.08. The molecule has 2 aromatic carbocycles. The molecule has 2 aromatic rings. The minimum atomic E-state index is -0.909. The Hall–Kier alpha value is -3.62. The van der Waals surface area contributed by atoms with Gasteiger partial charge < -0.3 is 14.6 Å². The van der Waals surface area contributed by atoms with Crippen LogP contribution in [0, 0.1) is 10.1 Å². The first-order valence-corrected chi connectivity index (χ1v) is 7.21. The second-order valence-electron chi connectivity index (χ2n) is 5.08. The number of fused-ring (bicyclic) bond motifs is 1. The van der Waals surface area contributed by atoms with E-state index in [-0.39, 0.29) is 17.9 Å². The molecule has 3 rings (SSSR count). The molecule has 128 valence electrons. The molecular weight excluding hydrogens is 330 g/mol. The van der Waals surface area contributed by atoms with Gasteiger partial charge in [0.25, 0.3) is 11.6 Å². The number of amides is 1. The van der Waals surface area contributed by atoms with Gasteiger partial charge in [0.15, 0.2) is 11.5 Å². The largest absolute Gasteiger partial charge is 0.872 e. The van der Waals surface area contributed by atoms with E-state index in [2.05, 4.69) is 10.5 Å². The summed E-state index contributed by atoms with van der Waals surface area (Å²) < 4.78 is 10.9. The minimum absolute atomic E-state index is 0.00849. The number of benzene rings is 2. The summed E-state index contributed by atoms with van der Waals surface area (Å²) in [6.07, 6.45) is 0.127. The molecular formula is C16H12N3O6-. The first-order valence-electron chi connectivity index (χ1n) is 7.21. The van der Waals surface area contributed by atoms with Gasteiger partial charge in [-0.15, -0.1) is 5.75 Å². The summed E-state index contributed by atoms with van der Waals surface area (Å²) in [6.45, 7) is 0.00849. The van der Waals surface area contributed by atoms with Gasteiger partial charge in [0.1, 0.15) is 6.61 Å². The third-order valence-electron chi connectivity index (χ3n) is 3.38. The van der Waals surface area contributed by atoms with Gasteiger partial charge in [-0.05, 0) is 12.1 Å². The number of carbonyl (C=O) groups excluding carboxylic acids is 1. The maximum atomic E-state index is 12.1. The van der Waals surface area contributed by atoms with E-state index in [0.717, 1.165) is 24.4 Å². The van der Waals surface area contributed by atoms with Gasteiger partial charge in [-0.3, -0.25) is 14.9 Å². The summed E-state index contributed by atoms with van der Waals surface area (Å²) in [5.74, 6) is -0.00353. The Kier molecular flexibility index (Phi) is 4.46. The van der Waals surface area contributed by atoms with Gasteiger partial charge in [0.05, 0.1) is 16.7 Å². The van der Waals surface area contributed by atoms with Crippen LogP contribution in [0.15, 0.2) is 47.6 Å². The molecule has 9 nitrogen and oxygen atoms in total. The van der Waals surface area contributed by atoms with Crippen LogP contribution in [0.1, 0.15) is 5.56 Å². The van der Waals surface area contributed by atoms with Crippen molar-refractivity contribution >= 4 is 17.8 Å². The van der Waals surface area contributed by atoms with Crippen molar-refractivity contribution in [3.8, 4) is 17.2 Å². The molecule has 0 saturated carbocycles. The SMILES string of the molecule is O=C(N/N=C\c1cc([O-])ccc1[N+](=O)[O-])[C@@H]1COc2ccccc2O1. The van der Waals surface area contributed by atoms with E-state index >= 15 is 0 Å². The van der Waals surface area contributed by atoms with Crippen LogP contribution >= 0.6 is 0 Å². The smallest absolute Gasteiger partial charge is 0.284 e. The molecule has 0 saturated heterocycles. The summed E-state index contributed by atoms with van der Waals surface area (Å²) in [4.78, 5) is 22.3. The third kappa shape index (κ3) is 3.66. The second kappa shape index (κ2) is 6.87. The molecule has 0 aliphatic carbocycles. The zero-order chi connectivity index (χ0) is 17.8. The highest BCUT2D eigenvalue weighted by molar-refractivity contribution is 5.88. The van der Waals surface area contributed by atoms with Crippen molar-refractivity contribution in [3.63, 3.8) is 0 Å². The molecule has 1 heterocycles. The first-order chi connectivity index (χ1) is 12.0. The number of carbonyl (C=O) groups is 1. The van der Waals surface area contributed by atoms with Crippen LogP contribution in [0.2, 0.25) is 0 Å². The molecule has 0 unspecified atom stereocenters. The average Bonchev–Trinajstić information content (AvgIpc) is 2.61. The van der Waals surface area contributed by atoms with E-state index in [1.54, 1.807) is 24.3 Å². The Morgan fingerprint density at radius 1 is 1.28 bits per heavy atom. The normalized spacial score (nSPS) is 15.8. The highest BCUT2D eigenvalue weighted by Gasteiger charge is 2.27. The topological polar surface area (TPSA) is 126 Å². The molecule has 1 atom stereocenters. The van der Waals surface area contributed by atoms with E-state index in [0.29, 0.717) is 11.5 Å². The molecule has 1 aliphatic heterocycles. The van der Waals surface area contributed by atoms with Gasteiger partial charge in [0.2, 0.25) is 6.10 Å². The van der Waals surface area contributed by atoms with E-state index in [4.69, 9.17) is 9.47 Å². The Labute approximate surface area is 141 Å². The molecule has 0 fully saturated rings. The van der Waals surface area contributed by atoms with Crippen LogP contribution in [-0.4, -0.2) is 29.8 Å². The third-order valence-corrected chi connectivity index (χ3v) is 3.38. The quantitative estimate of drug-likeness (QED) is 0.501. The molecule has 1 N–H and O–H groups in total. The number of nitro benzene ring substituents is 1. The number of rotatable bonds is 4. The zero-order valence-corrected chi connectivity index (χ0v) is 12.7. The fraction of sp³-hybridized carbons (Fsp3) is 0.125. The predicted molar refractivity (Wildman–Crippen MR) is 84.6 cm³/mol. The molecule has 1 aliphatic rings. The predicted octanol–water partition coefficient (Wildman–Crippen LogP) is 0.958. The summed E-state index contributed by atoms with van der Waals surface area (Å²) in [5, 5.41) is 25.9. The van der Waals surface area contributed by atoms with Gasteiger partial charge in [-0.2, -0.15) is 5.10 Å². The average molecular weight is 342 g/mol. The zero-order valence-electron chi connectivity index (χ0n) is 12.7. The Balaban J connectivity index is 1.66.